The van der Waals surface area contributed by atoms with Crippen molar-refractivity contribution in [3.63, 3.8) is 0 Å². The van der Waals surface area contributed by atoms with E-state index in [4.69, 9.17) is 9.47 Å². The quantitative estimate of drug-likeness (QED) is 0.792. The van der Waals surface area contributed by atoms with Crippen molar-refractivity contribution in [1.82, 2.24) is 0 Å². The zero-order valence-electron chi connectivity index (χ0n) is 11.7. The summed E-state index contributed by atoms with van der Waals surface area (Å²) in [7, 11) is 0. The first-order valence-corrected chi connectivity index (χ1v) is 6.85. The lowest BCUT2D eigenvalue weighted by Crippen LogP contribution is -2.05. The third-order valence-corrected chi connectivity index (χ3v) is 3.38. The molecule has 0 N–H and O–H groups in total. The maximum atomic E-state index is 13.9. The van der Waals surface area contributed by atoms with E-state index in [9.17, 15) is 9.18 Å². The second-order valence-electron chi connectivity index (χ2n) is 5.02. The van der Waals surface area contributed by atoms with E-state index in [-0.39, 0.29) is 11.3 Å². The van der Waals surface area contributed by atoms with E-state index < -0.39 is 5.82 Å². The Bertz CT molecular complexity index is 694. The largest absolute Gasteiger partial charge is 0.490 e. The zero-order valence-corrected chi connectivity index (χ0v) is 11.7. The topological polar surface area (TPSA) is 35.5 Å². The summed E-state index contributed by atoms with van der Waals surface area (Å²) in [6.45, 7) is 2.92. The van der Waals surface area contributed by atoms with E-state index in [0.717, 1.165) is 12.0 Å². The summed E-state index contributed by atoms with van der Waals surface area (Å²) in [5, 5.41) is 0. The fourth-order valence-electron chi connectivity index (χ4n) is 2.26. The van der Waals surface area contributed by atoms with Crippen molar-refractivity contribution < 1.29 is 18.7 Å². The lowest BCUT2D eigenvalue weighted by atomic mass is 10.0. The van der Waals surface area contributed by atoms with Gasteiger partial charge in [0, 0.05) is 12.0 Å². The lowest BCUT2D eigenvalue weighted by molar-refractivity contribution is 0.103. The van der Waals surface area contributed by atoms with Gasteiger partial charge in [-0.2, -0.15) is 0 Å². The number of carbonyl (C=O) groups excluding carboxylic acids is 1. The molecule has 2 aromatic rings. The van der Waals surface area contributed by atoms with Gasteiger partial charge in [0.05, 0.1) is 18.8 Å². The molecule has 4 heteroatoms. The number of ketones is 1. The monoisotopic (exact) mass is 286 g/mol. The summed E-state index contributed by atoms with van der Waals surface area (Å²) < 4.78 is 25.0. The molecule has 0 unspecified atom stereocenters. The molecule has 0 bridgehead atoms. The van der Waals surface area contributed by atoms with Gasteiger partial charge in [0.15, 0.2) is 17.3 Å². The minimum atomic E-state index is -0.507. The van der Waals surface area contributed by atoms with Crippen LogP contribution in [0.25, 0.3) is 0 Å². The Labute approximate surface area is 122 Å². The Hall–Kier alpha value is -2.36. The van der Waals surface area contributed by atoms with Crippen molar-refractivity contribution in [1.29, 1.82) is 0 Å². The van der Waals surface area contributed by atoms with Crippen LogP contribution in [0.15, 0.2) is 36.4 Å². The normalized spacial score (nSPS) is 13.6. The number of ether oxygens (including phenoxy) is 2. The smallest absolute Gasteiger partial charge is 0.196 e. The van der Waals surface area contributed by atoms with Gasteiger partial charge in [-0.05, 0) is 42.8 Å². The van der Waals surface area contributed by atoms with Crippen LogP contribution in [0.3, 0.4) is 0 Å². The Kier molecular flexibility index (Phi) is 3.60. The number of aryl methyl sites for hydroxylation is 1. The molecule has 3 rings (SSSR count). The molecular formula is C17H15FO3. The second kappa shape index (κ2) is 5.56. The summed E-state index contributed by atoms with van der Waals surface area (Å²) in [5.41, 5.74) is 1.24. The highest BCUT2D eigenvalue weighted by atomic mass is 19.1. The Balaban J connectivity index is 1.96. The molecule has 2 aromatic carbocycles. The first-order chi connectivity index (χ1) is 10.1. The summed E-state index contributed by atoms with van der Waals surface area (Å²) in [6.07, 6.45) is 0.796. The van der Waals surface area contributed by atoms with E-state index in [2.05, 4.69) is 0 Å². The van der Waals surface area contributed by atoms with Crippen LogP contribution in [0, 0.1) is 12.7 Å². The van der Waals surface area contributed by atoms with Crippen LogP contribution in [-0.4, -0.2) is 19.0 Å². The van der Waals surface area contributed by atoms with Crippen LogP contribution in [0.1, 0.15) is 27.9 Å². The number of fused-ring (bicyclic) bond motifs is 1. The van der Waals surface area contributed by atoms with Gasteiger partial charge < -0.3 is 9.47 Å². The van der Waals surface area contributed by atoms with Crippen molar-refractivity contribution in [3.05, 3.63) is 58.9 Å². The Morgan fingerprint density at radius 3 is 2.57 bits per heavy atom. The number of rotatable bonds is 2. The van der Waals surface area contributed by atoms with Gasteiger partial charge in [-0.25, -0.2) is 4.39 Å². The standard InChI is InChI=1S/C17H15FO3/c1-11-3-5-13(14(18)9-11)17(19)12-4-6-15-16(10-12)21-8-2-7-20-15/h3-6,9-10H,2,7-8H2,1H3. The van der Waals surface area contributed by atoms with Gasteiger partial charge in [0.1, 0.15) is 5.82 Å². The number of carbonyl (C=O) groups is 1. The molecule has 1 aliphatic rings. The fraction of sp³-hybridized carbons (Fsp3) is 0.235. The van der Waals surface area contributed by atoms with Gasteiger partial charge in [0.25, 0.3) is 0 Å². The molecule has 0 saturated heterocycles. The number of hydrogen-bond acceptors (Lipinski definition) is 3. The van der Waals surface area contributed by atoms with Gasteiger partial charge in [-0.3, -0.25) is 4.79 Å². The fourth-order valence-corrected chi connectivity index (χ4v) is 2.26. The van der Waals surface area contributed by atoms with E-state index in [0.29, 0.717) is 30.3 Å². The predicted octanol–water partition coefficient (Wildman–Crippen LogP) is 3.53. The number of hydrogen-bond donors (Lipinski definition) is 0. The number of halogens is 1. The van der Waals surface area contributed by atoms with Crippen LogP contribution < -0.4 is 9.47 Å². The highest BCUT2D eigenvalue weighted by molar-refractivity contribution is 6.09. The first kappa shape index (κ1) is 13.6. The minimum Gasteiger partial charge on any atom is -0.490 e. The summed E-state index contributed by atoms with van der Waals surface area (Å²) in [5.74, 6) is 0.287. The van der Waals surface area contributed by atoms with E-state index >= 15 is 0 Å². The summed E-state index contributed by atoms with van der Waals surface area (Å²) in [6, 6.07) is 9.53. The molecule has 0 spiro atoms. The molecule has 108 valence electrons. The molecule has 0 aromatic heterocycles. The Morgan fingerprint density at radius 1 is 1.05 bits per heavy atom. The molecule has 1 heterocycles. The highest BCUT2D eigenvalue weighted by Crippen LogP contribution is 2.31. The van der Waals surface area contributed by atoms with Crippen molar-refractivity contribution in [2.45, 2.75) is 13.3 Å². The van der Waals surface area contributed by atoms with Gasteiger partial charge in [0.2, 0.25) is 0 Å². The van der Waals surface area contributed by atoms with Crippen molar-refractivity contribution in [3.8, 4) is 11.5 Å². The van der Waals surface area contributed by atoms with Gasteiger partial charge in [-0.15, -0.1) is 0 Å². The molecule has 0 atom stereocenters. The average Bonchev–Trinajstić information content (AvgIpc) is 2.71. The first-order valence-electron chi connectivity index (χ1n) is 6.85. The lowest BCUT2D eigenvalue weighted by Gasteiger charge is -2.09. The third-order valence-electron chi connectivity index (χ3n) is 3.38. The average molecular weight is 286 g/mol. The maximum Gasteiger partial charge on any atom is 0.196 e. The third kappa shape index (κ3) is 2.75. The molecule has 0 radical (unpaired) electrons. The molecule has 21 heavy (non-hydrogen) atoms. The van der Waals surface area contributed by atoms with Gasteiger partial charge >= 0.3 is 0 Å². The van der Waals surface area contributed by atoms with Crippen LogP contribution >= 0.6 is 0 Å². The SMILES string of the molecule is Cc1ccc(C(=O)c2ccc3c(c2)OCCCO3)c(F)c1. The number of benzene rings is 2. The van der Waals surface area contributed by atoms with Crippen molar-refractivity contribution in [2.24, 2.45) is 0 Å². The van der Waals surface area contributed by atoms with Gasteiger partial charge in [-0.1, -0.05) is 6.07 Å². The molecule has 0 saturated carbocycles. The molecular weight excluding hydrogens is 271 g/mol. The molecule has 0 amide bonds. The summed E-state index contributed by atoms with van der Waals surface area (Å²) in [4.78, 5) is 12.4. The van der Waals surface area contributed by atoms with Crippen LogP contribution in [0.2, 0.25) is 0 Å². The molecule has 3 nitrogen and oxygen atoms in total. The van der Waals surface area contributed by atoms with E-state index in [1.807, 2.05) is 0 Å². The van der Waals surface area contributed by atoms with E-state index in [1.54, 1.807) is 31.2 Å². The molecule has 0 fully saturated rings. The van der Waals surface area contributed by atoms with Crippen molar-refractivity contribution in [2.75, 3.05) is 13.2 Å². The zero-order chi connectivity index (χ0) is 14.8. The summed E-state index contributed by atoms with van der Waals surface area (Å²) >= 11 is 0. The Morgan fingerprint density at radius 2 is 1.81 bits per heavy atom. The minimum absolute atomic E-state index is 0.0649. The molecule has 0 aliphatic carbocycles. The maximum absolute atomic E-state index is 13.9. The van der Waals surface area contributed by atoms with Crippen LogP contribution in [0.5, 0.6) is 11.5 Å². The van der Waals surface area contributed by atoms with Crippen LogP contribution in [0.4, 0.5) is 4.39 Å². The highest BCUT2D eigenvalue weighted by Gasteiger charge is 2.17. The van der Waals surface area contributed by atoms with Crippen molar-refractivity contribution >= 4 is 5.78 Å². The predicted molar refractivity (Wildman–Crippen MR) is 76.6 cm³/mol. The van der Waals surface area contributed by atoms with E-state index in [1.165, 1.54) is 12.1 Å². The molecule has 1 aliphatic heterocycles. The van der Waals surface area contributed by atoms with Crippen LogP contribution in [-0.2, 0) is 0 Å². The second-order valence-corrected chi connectivity index (χ2v) is 5.02.